The van der Waals surface area contributed by atoms with Gasteiger partial charge >= 0.3 is 0 Å². The summed E-state index contributed by atoms with van der Waals surface area (Å²) in [5.74, 6) is 0. The highest BCUT2D eigenvalue weighted by Crippen LogP contribution is 2.23. The third kappa shape index (κ3) is 3.62. The zero-order valence-electron chi connectivity index (χ0n) is 10.6. The van der Waals surface area contributed by atoms with Crippen LogP contribution in [0.5, 0.6) is 0 Å². The van der Waals surface area contributed by atoms with Gasteiger partial charge in [0, 0.05) is 35.9 Å². The Morgan fingerprint density at radius 3 is 2.59 bits per heavy atom. The summed E-state index contributed by atoms with van der Waals surface area (Å²) in [6, 6.07) is 9.40. The molecule has 1 aliphatic rings. The van der Waals surface area contributed by atoms with Crippen molar-refractivity contribution in [2.24, 2.45) is 0 Å². The van der Waals surface area contributed by atoms with Crippen molar-refractivity contribution < 1.29 is 0 Å². The fraction of sp³-hybridized carbons (Fsp3) is 0.571. The van der Waals surface area contributed by atoms with E-state index in [0.717, 1.165) is 18.1 Å². The Hall–Kier alpha value is -0.730. The molecule has 0 spiro atoms. The minimum atomic E-state index is 0.581. The first-order chi connectivity index (χ1) is 8.15. The number of hydrogen-bond donors (Lipinski definition) is 1. The quantitative estimate of drug-likeness (QED) is 0.888. The van der Waals surface area contributed by atoms with Crippen LogP contribution in [-0.4, -0.2) is 25.2 Å². The number of hydrogen-bond acceptors (Lipinski definition) is 2. The lowest BCUT2D eigenvalue weighted by atomic mass is 10.0. The van der Waals surface area contributed by atoms with E-state index >= 15 is 0 Å². The van der Waals surface area contributed by atoms with Crippen molar-refractivity contribution in [3.05, 3.63) is 29.3 Å². The highest BCUT2D eigenvalue weighted by Gasteiger charge is 2.19. The van der Waals surface area contributed by atoms with E-state index in [1.807, 2.05) is 12.1 Å². The van der Waals surface area contributed by atoms with E-state index in [2.05, 4.69) is 36.2 Å². The van der Waals surface area contributed by atoms with Gasteiger partial charge in [0.05, 0.1) is 0 Å². The summed E-state index contributed by atoms with van der Waals surface area (Å²) in [5, 5.41) is 4.44. The molecule has 1 saturated heterocycles. The monoisotopic (exact) mass is 252 g/mol. The van der Waals surface area contributed by atoms with Crippen molar-refractivity contribution >= 4 is 17.3 Å². The predicted molar refractivity (Wildman–Crippen MR) is 75.0 cm³/mol. The molecule has 1 heterocycles. The molecule has 1 aromatic rings. The molecule has 94 valence electrons. The lowest BCUT2D eigenvalue weighted by Gasteiger charge is -2.35. The summed E-state index contributed by atoms with van der Waals surface area (Å²) in [6.45, 7) is 6.65. The van der Waals surface area contributed by atoms with Crippen LogP contribution in [0.15, 0.2) is 24.3 Å². The van der Waals surface area contributed by atoms with Gasteiger partial charge in [-0.3, -0.25) is 0 Å². The summed E-state index contributed by atoms with van der Waals surface area (Å²) in [4.78, 5) is 2.42. The van der Waals surface area contributed by atoms with Gasteiger partial charge in [-0.05, 0) is 31.0 Å². The maximum absolute atomic E-state index is 6.02. The van der Waals surface area contributed by atoms with Gasteiger partial charge in [0.15, 0.2) is 0 Å². The topological polar surface area (TPSA) is 15.3 Å². The fourth-order valence-corrected chi connectivity index (χ4v) is 2.63. The van der Waals surface area contributed by atoms with E-state index in [1.165, 1.54) is 18.5 Å². The standard InChI is InChI=1S/C14H21ClN2/c1-11(2)16-13-6-8-17(9-7-13)14-5-3-4-12(15)10-14/h3-5,10-11,13,16H,6-9H2,1-2H3. The maximum Gasteiger partial charge on any atom is 0.0426 e. The molecule has 1 fully saturated rings. The second kappa shape index (κ2) is 5.74. The lowest BCUT2D eigenvalue weighted by molar-refractivity contribution is 0.387. The number of nitrogens with zero attached hydrogens (tertiary/aromatic N) is 1. The fourth-order valence-electron chi connectivity index (χ4n) is 2.45. The number of piperidine rings is 1. The summed E-state index contributed by atoms with van der Waals surface area (Å²) in [7, 11) is 0. The van der Waals surface area contributed by atoms with E-state index in [-0.39, 0.29) is 0 Å². The minimum Gasteiger partial charge on any atom is -0.371 e. The van der Waals surface area contributed by atoms with E-state index in [0.29, 0.717) is 12.1 Å². The molecule has 0 bridgehead atoms. The van der Waals surface area contributed by atoms with Gasteiger partial charge < -0.3 is 10.2 Å². The SMILES string of the molecule is CC(C)NC1CCN(c2cccc(Cl)c2)CC1. The second-order valence-electron chi connectivity index (χ2n) is 5.06. The first kappa shape index (κ1) is 12.7. The van der Waals surface area contributed by atoms with E-state index in [4.69, 9.17) is 11.6 Å². The Balaban J connectivity index is 1.91. The number of nitrogens with one attached hydrogen (secondary N) is 1. The average Bonchev–Trinajstić information content (AvgIpc) is 2.29. The molecule has 3 heteroatoms. The van der Waals surface area contributed by atoms with Crippen LogP contribution in [0.3, 0.4) is 0 Å². The van der Waals surface area contributed by atoms with Gasteiger partial charge in [-0.1, -0.05) is 31.5 Å². The zero-order valence-corrected chi connectivity index (χ0v) is 11.4. The number of halogens is 1. The normalized spacial score (nSPS) is 17.8. The molecule has 0 radical (unpaired) electrons. The molecule has 0 aliphatic carbocycles. The lowest BCUT2D eigenvalue weighted by Crippen LogP contribution is -2.44. The molecule has 0 saturated carbocycles. The van der Waals surface area contributed by atoms with Crippen LogP contribution in [0.25, 0.3) is 0 Å². The third-order valence-electron chi connectivity index (χ3n) is 3.24. The largest absolute Gasteiger partial charge is 0.371 e. The van der Waals surface area contributed by atoms with Gasteiger partial charge in [0.2, 0.25) is 0 Å². The van der Waals surface area contributed by atoms with Crippen LogP contribution in [0.1, 0.15) is 26.7 Å². The summed E-state index contributed by atoms with van der Waals surface area (Å²) in [6.07, 6.45) is 2.43. The van der Waals surface area contributed by atoms with E-state index in [9.17, 15) is 0 Å². The van der Waals surface area contributed by atoms with Crippen molar-refractivity contribution in [1.29, 1.82) is 0 Å². The second-order valence-corrected chi connectivity index (χ2v) is 5.50. The summed E-state index contributed by atoms with van der Waals surface area (Å²) in [5.41, 5.74) is 1.25. The highest BCUT2D eigenvalue weighted by molar-refractivity contribution is 6.30. The van der Waals surface area contributed by atoms with Crippen molar-refractivity contribution in [3.8, 4) is 0 Å². The summed E-state index contributed by atoms with van der Waals surface area (Å²) >= 11 is 6.02. The molecule has 2 rings (SSSR count). The molecule has 1 aromatic carbocycles. The van der Waals surface area contributed by atoms with E-state index < -0.39 is 0 Å². The third-order valence-corrected chi connectivity index (χ3v) is 3.47. The number of benzene rings is 1. The van der Waals surface area contributed by atoms with Crippen LogP contribution < -0.4 is 10.2 Å². The molecule has 1 aliphatic heterocycles. The van der Waals surface area contributed by atoms with Gasteiger partial charge in [0.25, 0.3) is 0 Å². The van der Waals surface area contributed by atoms with Gasteiger partial charge in [-0.15, -0.1) is 0 Å². The Bertz CT molecular complexity index is 357. The summed E-state index contributed by atoms with van der Waals surface area (Å²) < 4.78 is 0. The van der Waals surface area contributed by atoms with Crippen LogP contribution in [-0.2, 0) is 0 Å². The van der Waals surface area contributed by atoms with Crippen molar-refractivity contribution in [2.45, 2.75) is 38.8 Å². The Kier molecular flexibility index (Phi) is 4.30. The first-order valence-corrected chi connectivity index (χ1v) is 6.79. The van der Waals surface area contributed by atoms with Gasteiger partial charge in [-0.2, -0.15) is 0 Å². The highest BCUT2D eigenvalue weighted by atomic mass is 35.5. The van der Waals surface area contributed by atoms with Crippen LogP contribution in [0, 0.1) is 0 Å². The maximum atomic E-state index is 6.02. The molecule has 1 N–H and O–H groups in total. The molecule has 0 atom stereocenters. The zero-order chi connectivity index (χ0) is 12.3. The first-order valence-electron chi connectivity index (χ1n) is 6.41. The van der Waals surface area contributed by atoms with Crippen molar-refractivity contribution in [3.63, 3.8) is 0 Å². The van der Waals surface area contributed by atoms with Crippen molar-refractivity contribution in [1.82, 2.24) is 5.32 Å². The molecule has 0 aromatic heterocycles. The molecule has 17 heavy (non-hydrogen) atoms. The Morgan fingerprint density at radius 2 is 2.00 bits per heavy atom. The van der Waals surface area contributed by atoms with Gasteiger partial charge in [-0.25, -0.2) is 0 Å². The van der Waals surface area contributed by atoms with Gasteiger partial charge in [0.1, 0.15) is 0 Å². The molecular formula is C14H21ClN2. The smallest absolute Gasteiger partial charge is 0.0426 e. The molecule has 2 nitrogen and oxygen atoms in total. The Labute approximate surface area is 109 Å². The molecule has 0 unspecified atom stereocenters. The van der Waals surface area contributed by atoms with Crippen LogP contribution in [0.2, 0.25) is 5.02 Å². The number of rotatable bonds is 3. The Morgan fingerprint density at radius 1 is 1.29 bits per heavy atom. The minimum absolute atomic E-state index is 0.581. The predicted octanol–water partition coefficient (Wildman–Crippen LogP) is 3.31. The van der Waals surface area contributed by atoms with Crippen LogP contribution in [0.4, 0.5) is 5.69 Å². The van der Waals surface area contributed by atoms with E-state index in [1.54, 1.807) is 0 Å². The van der Waals surface area contributed by atoms with Crippen LogP contribution >= 0.6 is 11.6 Å². The number of anilines is 1. The average molecular weight is 253 g/mol. The molecular weight excluding hydrogens is 232 g/mol. The van der Waals surface area contributed by atoms with Crippen molar-refractivity contribution in [2.75, 3.05) is 18.0 Å². The molecule has 0 amide bonds.